The summed E-state index contributed by atoms with van der Waals surface area (Å²) < 4.78 is 37.2. The van der Waals surface area contributed by atoms with Gasteiger partial charge in [-0.3, -0.25) is 9.59 Å². The number of Topliss-reactive ketones (excluding diaryl/α,β-unsaturated/α-hetero) is 1. The average molecular weight is 260 g/mol. The molecule has 0 heterocycles. The van der Waals surface area contributed by atoms with E-state index in [1.54, 1.807) is 0 Å². The first-order valence-corrected chi connectivity index (χ1v) is 5.18. The molecular weight excluding hydrogens is 249 g/mol. The Bertz CT molecular complexity index is 452. The Morgan fingerprint density at radius 1 is 1.17 bits per heavy atom. The molecule has 0 radical (unpaired) electrons. The van der Waals surface area contributed by atoms with Crippen molar-refractivity contribution in [3.8, 4) is 0 Å². The van der Waals surface area contributed by atoms with Gasteiger partial charge in [-0.2, -0.15) is 13.2 Å². The highest BCUT2D eigenvalue weighted by Gasteiger charge is 2.30. The van der Waals surface area contributed by atoms with Gasteiger partial charge in [0.05, 0.1) is 12.0 Å². The van der Waals surface area contributed by atoms with Crippen molar-refractivity contribution in [2.24, 2.45) is 0 Å². The quantitative estimate of drug-likeness (QED) is 0.885. The van der Waals surface area contributed by atoms with Crippen molar-refractivity contribution in [2.75, 3.05) is 0 Å². The standard InChI is InChI=1S/C12H11F3O3/c13-12(14,15)9-3-1-2-8(6-9)7-10(16)4-5-11(17)18/h1-3,6H,4-5,7H2,(H,17,18). The Labute approximate surface area is 101 Å². The summed E-state index contributed by atoms with van der Waals surface area (Å²) in [5, 5.41) is 8.38. The van der Waals surface area contributed by atoms with Crippen molar-refractivity contribution in [1.29, 1.82) is 0 Å². The number of carboxylic acids is 1. The molecule has 0 aromatic heterocycles. The summed E-state index contributed by atoms with van der Waals surface area (Å²) in [5.41, 5.74) is -0.578. The summed E-state index contributed by atoms with van der Waals surface area (Å²) >= 11 is 0. The fraction of sp³-hybridized carbons (Fsp3) is 0.333. The Kier molecular flexibility index (Phi) is 4.47. The zero-order valence-corrected chi connectivity index (χ0v) is 9.33. The largest absolute Gasteiger partial charge is 0.481 e. The first-order valence-electron chi connectivity index (χ1n) is 5.18. The van der Waals surface area contributed by atoms with Crippen molar-refractivity contribution in [1.82, 2.24) is 0 Å². The smallest absolute Gasteiger partial charge is 0.416 e. The van der Waals surface area contributed by atoms with Crippen molar-refractivity contribution >= 4 is 11.8 Å². The van der Waals surface area contributed by atoms with Gasteiger partial charge in [0.15, 0.2) is 0 Å². The van der Waals surface area contributed by atoms with Crippen molar-refractivity contribution in [2.45, 2.75) is 25.4 Å². The molecule has 3 nitrogen and oxygen atoms in total. The van der Waals surface area contributed by atoms with Crippen LogP contribution >= 0.6 is 0 Å². The predicted molar refractivity (Wildman–Crippen MR) is 57.0 cm³/mol. The van der Waals surface area contributed by atoms with Crippen LogP contribution in [0.5, 0.6) is 0 Å². The number of aliphatic carboxylic acids is 1. The molecule has 0 unspecified atom stereocenters. The molecule has 1 N–H and O–H groups in total. The van der Waals surface area contributed by atoms with E-state index in [2.05, 4.69) is 0 Å². The highest BCUT2D eigenvalue weighted by Crippen LogP contribution is 2.29. The van der Waals surface area contributed by atoms with Crippen LogP contribution in [-0.4, -0.2) is 16.9 Å². The minimum absolute atomic E-state index is 0.175. The predicted octanol–water partition coefficient (Wildman–Crippen LogP) is 2.68. The molecule has 0 amide bonds. The van der Waals surface area contributed by atoms with E-state index >= 15 is 0 Å². The molecule has 1 aromatic rings. The van der Waals surface area contributed by atoms with Crippen LogP contribution < -0.4 is 0 Å². The first kappa shape index (κ1) is 14.2. The molecule has 0 spiro atoms. The molecule has 0 bridgehead atoms. The van der Waals surface area contributed by atoms with Gasteiger partial charge < -0.3 is 5.11 Å². The lowest BCUT2D eigenvalue weighted by atomic mass is 10.0. The highest BCUT2D eigenvalue weighted by molar-refractivity contribution is 5.84. The number of hydrogen-bond donors (Lipinski definition) is 1. The van der Waals surface area contributed by atoms with E-state index in [4.69, 9.17) is 5.11 Å². The van der Waals surface area contributed by atoms with E-state index in [0.29, 0.717) is 0 Å². The number of alkyl halides is 3. The molecule has 0 aliphatic carbocycles. The number of carbonyl (C=O) groups excluding carboxylic acids is 1. The second-order valence-electron chi connectivity index (χ2n) is 3.81. The van der Waals surface area contributed by atoms with Gasteiger partial charge in [-0.05, 0) is 11.6 Å². The third-order valence-corrected chi connectivity index (χ3v) is 2.27. The Balaban J connectivity index is 2.68. The van der Waals surface area contributed by atoms with Crippen molar-refractivity contribution in [3.05, 3.63) is 35.4 Å². The van der Waals surface area contributed by atoms with Crippen LogP contribution in [0.15, 0.2) is 24.3 Å². The van der Waals surface area contributed by atoms with Crippen LogP contribution in [-0.2, 0) is 22.2 Å². The monoisotopic (exact) mass is 260 g/mol. The maximum Gasteiger partial charge on any atom is 0.416 e. The molecule has 0 aliphatic rings. The maximum absolute atomic E-state index is 12.4. The number of carboxylic acid groups (broad SMARTS) is 1. The van der Waals surface area contributed by atoms with E-state index in [9.17, 15) is 22.8 Å². The van der Waals surface area contributed by atoms with Gasteiger partial charge in [-0.25, -0.2) is 0 Å². The number of halogens is 3. The van der Waals surface area contributed by atoms with Gasteiger partial charge in [0.25, 0.3) is 0 Å². The average Bonchev–Trinajstić information content (AvgIpc) is 2.25. The molecule has 98 valence electrons. The fourth-order valence-corrected chi connectivity index (χ4v) is 1.42. The van der Waals surface area contributed by atoms with Crippen LogP contribution in [0.3, 0.4) is 0 Å². The molecule has 1 aromatic carbocycles. The zero-order chi connectivity index (χ0) is 13.8. The number of carbonyl (C=O) groups is 2. The van der Waals surface area contributed by atoms with Gasteiger partial charge >= 0.3 is 12.1 Å². The lowest BCUT2D eigenvalue weighted by Gasteiger charge is -2.08. The van der Waals surface area contributed by atoms with Gasteiger partial charge in [-0.1, -0.05) is 18.2 Å². The van der Waals surface area contributed by atoms with Crippen molar-refractivity contribution in [3.63, 3.8) is 0 Å². The lowest BCUT2D eigenvalue weighted by molar-refractivity contribution is -0.138. The molecule has 0 atom stereocenters. The molecule has 1 rings (SSSR count). The molecule has 0 aliphatic heterocycles. The summed E-state index contributed by atoms with van der Waals surface area (Å²) in [7, 11) is 0. The molecule has 6 heteroatoms. The molecule has 18 heavy (non-hydrogen) atoms. The summed E-state index contributed by atoms with van der Waals surface area (Å²) in [6, 6.07) is 4.46. The third kappa shape index (κ3) is 4.57. The second-order valence-corrected chi connectivity index (χ2v) is 3.81. The molecule has 0 fully saturated rings. The van der Waals surface area contributed by atoms with E-state index < -0.39 is 23.5 Å². The van der Waals surface area contributed by atoms with E-state index in [0.717, 1.165) is 12.1 Å². The van der Waals surface area contributed by atoms with Crippen LogP contribution in [0.4, 0.5) is 13.2 Å². The Morgan fingerprint density at radius 2 is 1.83 bits per heavy atom. The summed E-state index contributed by atoms with van der Waals surface area (Å²) in [6.45, 7) is 0. The van der Waals surface area contributed by atoms with E-state index in [1.165, 1.54) is 12.1 Å². The number of benzene rings is 1. The Morgan fingerprint density at radius 3 is 2.39 bits per heavy atom. The first-order chi connectivity index (χ1) is 8.29. The van der Waals surface area contributed by atoms with Gasteiger partial charge in [0.2, 0.25) is 0 Å². The SMILES string of the molecule is O=C(O)CCC(=O)Cc1cccc(C(F)(F)F)c1. The molecule has 0 saturated carbocycles. The molecule has 0 saturated heterocycles. The van der Waals surface area contributed by atoms with E-state index in [-0.39, 0.29) is 24.8 Å². The summed E-state index contributed by atoms with van der Waals surface area (Å²) in [6.07, 6.45) is -5.11. The number of hydrogen-bond acceptors (Lipinski definition) is 2. The summed E-state index contributed by atoms with van der Waals surface area (Å²) in [4.78, 5) is 21.6. The summed E-state index contributed by atoms with van der Waals surface area (Å²) in [5.74, 6) is -1.50. The molecular formula is C12H11F3O3. The Hall–Kier alpha value is -1.85. The van der Waals surface area contributed by atoms with Crippen LogP contribution in [0.25, 0.3) is 0 Å². The van der Waals surface area contributed by atoms with Crippen LogP contribution in [0.2, 0.25) is 0 Å². The maximum atomic E-state index is 12.4. The minimum atomic E-state index is -4.44. The van der Waals surface area contributed by atoms with E-state index in [1.807, 2.05) is 0 Å². The second kappa shape index (κ2) is 5.66. The van der Waals surface area contributed by atoms with Gasteiger partial charge in [0.1, 0.15) is 5.78 Å². The number of rotatable bonds is 5. The zero-order valence-electron chi connectivity index (χ0n) is 9.33. The van der Waals surface area contributed by atoms with Gasteiger partial charge in [0, 0.05) is 12.8 Å². The lowest BCUT2D eigenvalue weighted by Crippen LogP contribution is -2.08. The minimum Gasteiger partial charge on any atom is -0.481 e. The van der Waals surface area contributed by atoms with Crippen LogP contribution in [0.1, 0.15) is 24.0 Å². The highest BCUT2D eigenvalue weighted by atomic mass is 19.4. The van der Waals surface area contributed by atoms with Crippen molar-refractivity contribution < 1.29 is 27.9 Å². The van der Waals surface area contributed by atoms with Gasteiger partial charge in [-0.15, -0.1) is 0 Å². The van der Waals surface area contributed by atoms with Crippen LogP contribution in [0, 0.1) is 0 Å². The topological polar surface area (TPSA) is 54.4 Å². The number of ketones is 1. The fourth-order valence-electron chi connectivity index (χ4n) is 1.42. The normalized spacial score (nSPS) is 11.3. The third-order valence-electron chi connectivity index (χ3n) is 2.27.